The van der Waals surface area contributed by atoms with Crippen molar-refractivity contribution in [2.45, 2.75) is 13.3 Å². The highest BCUT2D eigenvalue weighted by atomic mass is 35.5. The molecule has 25 heavy (non-hydrogen) atoms. The second-order valence-electron chi connectivity index (χ2n) is 6.06. The second-order valence-corrected chi connectivity index (χ2v) is 6.88. The Hall–Kier alpha value is -1.34. The molecule has 0 aliphatic carbocycles. The van der Waals surface area contributed by atoms with Crippen molar-refractivity contribution in [1.29, 1.82) is 0 Å². The maximum Gasteiger partial charge on any atom is 0.171 e. The number of anilines is 1. The van der Waals surface area contributed by atoms with Crippen LogP contribution in [-0.2, 0) is 4.74 Å². The van der Waals surface area contributed by atoms with Crippen molar-refractivity contribution in [1.82, 2.24) is 19.9 Å². The molecule has 1 fully saturated rings. The van der Waals surface area contributed by atoms with Gasteiger partial charge in [0.25, 0.3) is 0 Å². The number of halogens is 2. The monoisotopic (exact) mass is 383 g/mol. The molecule has 1 aromatic heterocycles. The van der Waals surface area contributed by atoms with Gasteiger partial charge >= 0.3 is 0 Å². The third kappa shape index (κ3) is 4.85. The van der Waals surface area contributed by atoms with Crippen LogP contribution in [0.1, 0.15) is 13.3 Å². The first-order valence-corrected chi connectivity index (χ1v) is 9.36. The summed E-state index contributed by atoms with van der Waals surface area (Å²) in [4.78, 5) is 4.70. The first-order valence-electron chi connectivity index (χ1n) is 8.60. The standard InChI is InChI=1S/C17H23Cl2N5O/c1-2-5-23(7-6-22-8-10-25-11-9-22)17-13-24(21-20-17)14-3-4-15(18)16(19)12-14/h3-4,12-13H,2,5-11H2,1H3. The summed E-state index contributed by atoms with van der Waals surface area (Å²) in [6, 6.07) is 5.44. The van der Waals surface area contributed by atoms with Gasteiger partial charge in [0.05, 0.1) is 35.1 Å². The average Bonchev–Trinajstić information content (AvgIpc) is 3.12. The van der Waals surface area contributed by atoms with E-state index < -0.39 is 0 Å². The molecule has 2 heterocycles. The molecule has 0 bridgehead atoms. The van der Waals surface area contributed by atoms with E-state index in [-0.39, 0.29) is 0 Å². The van der Waals surface area contributed by atoms with Gasteiger partial charge < -0.3 is 9.64 Å². The molecule has 0 amide bonds. The number of morpholine rings is 1. The van der Waals surface area contributed by atoms with E-state index in [1.54, 1.807) is 16.8 Å². The van der Waals surface area contributed by atoms with Gasteiger partial charge in [-0.15, -0.1) is 5.10 Å². The van der Waals surface area contributed by atoms with Gasteiger partial charge in [0, 0.05) is 32.7 Å². The van der Waals surface area contributed by atoms with Crippen LogP contribution >= 0.6 is 23.2 Å². The molecule has 136 valence electrons. The van der Waals surface area contributed by atoms with Crippen LogP contribution < -0.4 is 4.90 Å². The highest BCUT2D eigenvalue weighted by molar-refractivity contribution is 6.42. The minimum Gasteiger partial charge on any atom is -0.379 e. The first kappa shape index (κ1) is 18.5. The molecule has 0 N–H and O–H groups in total. The third-order valence-electron chi connectivity index (χ3n) is 4.26. The number of ether oxygens (including phenoxy) is 1. The molecule has 8 heteroatoms. The van der Waals surface area contributed by atoms with E-state index in [9.17, 15) is 0 Å². The molecule has 1 aromatic carbocycles. The fourth-order valence-corrected chi connectivity index (χ4v) is 3.14. The molecular weight excluding hydrogens is 361 g/mol. The number of hydrogen-bond donors (Lipinski definition) is 0. The van der Waals surface area contributed by atoms with Crippen molar-refractivity contribution < 1.29 is 4.74 Å². The average molecular weight is 384 g/mol. The molecule has 3 rings (SSSR count). The van der Waals surface area contributed by atoms with Crippen LogP contribution in [0.4, 0.5) is 5.82 Å². The van der Waals surface area contributed by atoms with E-state index in [0.29, 0.717) is 10.0 Å². The molecule has 2 aromatic rings. The topological polar surface area (TPSA) is 46.4 Å². The van der Waals surface area contributed by atoms with Gasteiger partial charge in [-0.2, -0.15) is 0 Å². The SMILES string of the molecule is CCCN(CCN1CCOCC1)c1cn(-c2ccc(Cl)c(Cl)c2)nn1. The zero-order chi connectivity index (χ0) is 17.6. The predicted molar refractivity (Wildman–Crippen MR) is 101 cm³/mol. The Labute approximate surface area is 158 Å². The fraction of sp³-hybridized carbons (Fsp3) is 0.529. The van der Waals surface area contributed by atoms with Gasteiger partial charge in [0.2, 0.25) is 0 Å². The van der Waals surface area contributed by atoms with E-state index in [2.05, 4.69) is 27.0 Å². The maximum absolute atomic E-state index is 6.10. The third-order valence-corrected chi connectivity index (χ3v) is 5.00. The Morgan fingerprint density at radius 2 is 1.96 bits per heavy atom. The van der Waals surface area contributed by atoms with Gasteiger partial charge in [-0.25, -0.2) is 4.68 Å². The van der Waals surface area contributed by atoms with E-state index in [1.165, 1.54) is 0 Å². The van der Waals surface area contributed by atoms with Crippen LogP contribution in [0.15, 0.2) is 24.4 Å². The molecule has 0 atom stereocenters. The van der Waals surface area contributed by atoms with Gasteiger partial charge in [-0.3, -0.25) is 4.90 Å². The number of hydrogen-bond acceptors (Lipinski definition) is 5. The summed E-state index contributed by atoms with van der Waals surface area (Å²) < 4.78 is 7.14. The summed E-state index contributed by atoms with van der Waals surface area (Å²) in [5.74, 6) is 0.876. The molecule has 0 saturated carbocycles. The number of aromatic nitrogens is 3. The second kappa shape index (κ2) is 8.85. The number of benzene rings is 1. The van der Waals surface area contributed by atoms with Crippen LogP contribution in [0.3, 0.4) is 0 Å². The molecule has 1 saturated heterocycles. The van der Waals surface area contributed by atoms with Crippen molar-refractivity contribution in [3.05, 3.63) is 34.4 Å². The van der Waals surface area contributed by atoms with E-state index in [4.69, 9.17) is 27.9 Å². The number of rotatable bonds is 7. The summed E-state index contributed by atoms with van der Waals surface area (Å²) in [5.41, 5.74) is 0.845. The Balaban J connectivity index is 1.68. The lowest BCUT2D eigenvalue weighted by atomic mass is 10.3. The minimum atomic E-state index is 0.508. The Morgan fingerprint density at radius 1 is 1.16 bits per heavy atom. The zero-order valence-corrected chi connectivity index (χ0v) is 15.9. The lowest BCUT2D eigenvalue weighted by molar-refractivity contribution is 0.0391. The van der Waals surface area contributed by atoms with E-state index >= 15 is 0 Å². The summed E-state index contributed by atoms with van der Waals surface area (Å²) in [6.07, 6.45) is 3.00. The molecule has 0 unspecified atom stereocenters. The van der Waals surface area contributed by atoms with Crippen molar-refractivity contribution >= 4 is 29.0 Å². The van der Waals surface area contributed by atoms with Gasteiger partial charge in [-0.05, 0) is 24.6 Å². The lowest BCUT2D eigenvalue weighted by Gasteiger charge is -2.29. The van der Waals surface area contributed by atoms with Crippen LogP contribution in [0.25, 0.3) is 5.69 Å². The molecule has 1 aliphatic heterocycles. The predicted octanol–water partition coefficient (Wildman–Crippen LogP) is 3.12. The molecule has 6 nitrogen and oxygen atoms in total. The van der Waals surface area contributed by atoms with E-state index in [0.717, 1.165) is 63.9 Å². The molecule has 0 radical (unpaired) electrons. The quantitative estimate of drug-likeness (QED) is 0.734. The van der Waals surface area contributed by atoms with Gasteiger partial charge in [0.15, 0.2) is 5.82 Å². The van der Waals surface area contributed by atoms with Crippen LogP contribution in [-0.4, -0.2) is 65.8 Å². The van der Waals surface area contributed by atoms with Crippen LogP contribution in [0.2, 0.25) is 10.0 Å². The highest BCUT2D eigenvalue weighted by Gasteiger charge is 2.15. The van der Waals surface area contributed by atoms with Gasteiger partial charge in [-0.1, -0.05) is 35.3 Å². The van der Waals surface area contributed by atoms with Crippen LogP contribution in [0.5, 0.6) is 0 Å². The normalized spacial score (nSPS) is 15.5. The van der Waals surface area contributed by atoms with Crippen molar-refractivity contribution in [2.24, 2.45) is 0 Å². The highest BCUT2D eigenvalue weighted by Crippen LogP contribution is 2.24. The minimum absolute atomic E-state index is 0.508. The van der Waals surface area contributed by atoms with Crippen molar-refractivity contribution in [3.8, 4) is 5.69 Å². The molecule has 1 aliphatic rings. The van der Waals surface area contributed by atoms with Crippen molar-refractivity contribution in [3.63, 3.8) is 0 Å². The van der Waals surface area contributed by atoms with Crippen molar-refractivity contribution in [2.75, 3.05) is 50.8 Å². The summed E-state index contributed by atoms with van der Waals surface area (Å²) in [5, 5.41) is 9.63. The Morgan fingerprint density at radius 3 is 2.68 bits per heavy atom. The molecular formula is C17H23Cl2N5O. The Bertz CT molecular complexity index is 687. The Kier molecular flexibility index (Phi) is 6.53. The smallest absolute Gasteiger partial charge is 0.171 e. The summed E-state index contributed by atoms with van der Waals surface area (Å²) >= 11 is 12.1. The lowest BCUT2D eigenvalue weighted by Crippen LogP contribution is -2.41. The maximum atomic E-state index is 6.10. The molecule has 0 spiro atoms. The first-order chi connectivity index (χ1) is 12.2. The fourth-order valence-electron chi connectivity index (χ4n) is 2.85. The summed E-state index contributed by atoms with van der Waals surface area (Å²) in [6.45, 7) is 8.68. The number of nitrogens with zero attached hydrogens (tertiary/aromatic N) is 5. The zero-order valence-electron chi connectivity index (χ0n) is 14.4. The van der Waals surface area contributed by atoms with Crippen LogP contribution in [0, 0.1) is 0 Å². The summed E-state index contributed by atoms with van der Waals surface area (Å²) in [7, 11) is 0. The van der Waals surface area contributed by atoms with Gasteiger partial charge in [0.1, 0.15) is 0 Å². The largest absolute Gasteiger partial charge is 0.379 e. The van der Waals surface area contributed by atoms with E-state index in [1.807, 2.05) is 12.3 Å².